The number of benzene rings is 3. The fourth-order valence-electron chi connectivity index (χ4n) is 2.20. The zero-order valence-electron chi connectivity index (χ0n) is 11.7. The summed E-state index contributed by atoms with van der Waals surface area (Å²) in [6, 6.07) is 19.7. The highest BCUT2D eigenvalue weighted by Gasteiger charge is 2.01. The van der Waals surface area contributed by atoms with Gasteiger partial charge in [0.05, 0.1) is 11.4 Å². The van der Waals surface area contributed by atoms with Crippen molar-refractivity contribution in [3.05, 3.63) is 60.7 Å². The fraction of sp³-hybridized carbons (Fsp3) is 0.0588. The molecule has 104 valence electrons. The maximum Gasteiger partial charge on any atom is 0.109 e. The van der Waals surface area contributed by atoms with Gasteiger partial charge < -0.3 is 11.1 Å². The van der Waals surface area contributed by atoms with Crippen LogP contribution in [-0.2, 0) is 0 Å². The number of nitrogens with two attached hydrogens (primary N) is 1. The van der Waals surface area contributed by atoms with E-state index in [0.717, 1.165) is 22.1 Å². The quantitative estimate of drug-likeness (QED) is 0.529. The van der Waals surface area contributed by atoms with Crippen LogP contribution in [0.4, 0.5) is 22.7 Å². The molecule has 3 N–H and O–H groups in total. The van der Waals surface area contributed by atoms with Crippen molar-refractivity contribution < 1.29 is 0 Å². The Morgan fingerprint density at radius 2 is 1.62 bits per heavy atom. The molecule has 0 amide bonds. The number of nitrogen functional groups attached to an aromatic ring is 1. The van der Waals surface area contributed by atoms with Gasteiger partial charge in [0, 0.05) is 18.1 Å². The molecule has 0 heterocycles. The van der Waals surface area contributed by atoms with Crippen LogP contribution in [0.15, 0.2) is 70.9 Å². The van der Waals surface area contributed by atoms with E-state index in [4.69, 9.17) is 5.73 Å². The third-order valence-corrected chi connectivity index (χ3v) is 3.35. The van der Waals surface area contributed by atoms with Gasteiger partial charge in [-0.15, -0.1) is 10.2 Å². The minimum atomic E-state index is 0.603. The van der Waals surface area contributed by atoms with Gasteiger partial charge in [0.25, 0.3) is 0 Å². The van der Waals surface area contributed by atoms with Gasteiger partial charge in [0.2, 0.25) is 0 Å². The van der Waals surface area contributed by atoms with Gasteiger partial charge in [-0.2, -0.15) is 0 Å². The Balaban J connectivity index is 1.98. The van der Waals surface area contributed by atoms with Gasteiger partial charge in [-0.25, -0.2) is 0 Å². The largest absolute Gasteiger partial charge is 0.397 e. The van der Waals surface area contributed by atoms with Crippen molar-refractivity contribution in [2.75, 3.05) is 18.1 Å². The third kappa shape index (κ3) is 2.69. The number of hydrogen-bond donors (Lipinski definition) is 2. The molecule has 0 aliphatic rings. The van der Waals surface area contributed by atoms with Crippen LogP contribution in [0.1, 0.15) is 0 Å². The van der Waals surface area contributed by atoms with E-state index < -0.39 is 0 Å². The molecule has 3 aromatic rings. The van der Waals surface area contributed by atoms with Crippen molar-refractivity contribution in [1.82, 2.24) is 0 Å². The summed E-state index contributed by atoms with van der Waals surface area (Å²) in [4.78, 5) is 0. The van der Waals surface area contributed by atoms with Crippen LogP contribution in [0.5, 0.6) is 0 Å². The normalized spacial score (nSPS) is 11.1. The molecule has 0 atom stereocenters. The highest BCUT2D eigenvalue weighted by molar-refractivity contribution is 5.92. The van der Waals surface area contributed by atoms with Crippen LogP contribution < -0.4 is 11.1 Å². The number of nitrogens with zero attached hydrogens (tertiary/aromatic N) is 2. The summed E-state index contributed by atoms with van der Waals surface area (Å²) in [6.45, 7) is 0. The van der Waals surface area contributed by atoms with E-state index in [9.17, 15) is 0 Å². The predicted octanol–water partition coefficient (Wildman–Crippen LogP) is 4.88. The molecular weight excluding hydrogens is 260 g/mol. The molecular formula is C17H16N4. The molecule has 0 bridgehead atoms. The number of azo groups is 1. The maximum absolute atomic E-state index is 5.98. The van der Waals surface area contributed by atoms with Gasteiger partial charge in [-0.05, 0) is 29.7 Å². The first-order valence-electron chi connectivity index (χ1n) is 6.75. The lowest BCUT2D eigenvalue weighted by Gasteiger charge is -2.04. The molecule has 0 unspecified atom stereocenters. The molecule has 0 radical (unpaired) electrons. The summed E-state index contributed by atoms with van der Waals surface area (Å²) in [5.41, 5.74) is 9.04. The molecule has 0 aliphatic heterocycles. The Kier molecular flexibility index (Phi) is 3.51. The zero-order chi connectivity index (χ0) is 14.7. The van der Waals surface area contributed by atoms with Crippen LogP contribution in [0, 0.1) is 0 Å². The van der Waals surface area contributed by atoms with Crippen molar-refractivity contribution in [2.45, 2.75) is 0 Å². The highest BCUT2D eigenvalue weighted by atomic mass is 15.1. The minimum Gasteiger partial charge on any atom is -0.397 e. The first-order chi connectivity index (χ1) is 10.3. The molecule has 4 heteroatoms. The molecule has 3 rings (SSSR count). The van der Waals surface area contributed by atoms with E-state index in [2.05, 4.69) is 27.7 Å². The molecule has 3 aromatic carbocycles. The Labute approximate surface area is 123 Å². The standard InChI is InChI=1S/C17H16N4/c1-19-13-9-10-17(15(18)11-13)21-20-16-8-4-6-12-5-2-3-7-14(12)16/h2-11,19H,18H2,1H3. The molecule has 0 spiro atoms. The summed E-state index contributed by atoms with van der Waals surface area (Å²) < 4.78 is 0. The average molecular weight is 276 g/mol. The third-order valence-electron chi connectivity index (χ3n) is 3.35. The molecule has 4 nitrogen and oxygen atoms in total. The number of nitrogens with one attached hydrogen (secondary N) is 1. The highest BCUT2D eigenvalue weighted by Crippen LogP contribution is 2.30. The first kappa shape index (κ1) is 13.1. The summed E-state index contributed by atoms with van der Waals surface area (Å²) in [7, 11) is 1.85. The number of hydrogen-bond acceptors (Lipinski definition) is 4. The number of fused-ring (bicyclic) bond motifs is 1. The molecule has 0 aliphatic carbocycles. The summed E-state index contributed by atoms with van der Waals surface area (Å²) in [5, 5.41) is 13.9. The second-order valence-electron chi connectivity index (χ2n) is 4.72. The Bertz CT molecular complexity index is 803. The van der Waals surface area contributed by atoms with E-state index in [0.29, 0.717) is 11.4 Å². The molecule has 0 saturated heterocycles. The van der Waals surface area contributed by atoms with Gasteiger partial charge >= 0.3 is 0 Å². The summed E-state index contributed by atoms with van der Waals surface area (Å²) >= 11 is 0. The topological polar surface area (TPSA) is 62.8 Å². The van der Waals surface area contributed by atoms with Crippen molar-refractivity contribution in [2.24, 2.45) is 10.2 Å². The van der Waals surface area contributed by atoms with E-state index in [-0.39, 0.29) is 0 Å². The van der Waals surface area contributed by atoms with Gasteiger partial charge in [-0.1, -0.05) is 36.4 Å². The van der Waals surface area contributed by atoms with Crippen molar-refractivity contribution in [1.29, 1.82) is 0 Å². The predicted molar refractivity (Wildman–Crippen MR) is 88.5 cm³/mol. The SMILES string of the molecule is CNc1ccc(N=Nc2cccc3ccccc23)c(N)c1. The Morgan fingerprint density at radius 1 is 0.857 bits per heavy atom. The Morgan fingerprint density at radius 3 is 2.43 bits per heavy atom. The van der Waals surface area contributed by atoms with Crippen LogP contribution in [-0.4, -0.2) is 7.05 Å². The van der Waals surface area contributed by atoms with Gasteiger partial charge in [0.1, 0.15) is 5.69 Å². The van der Waals surface area contributed by atoms with E-state index >= 15 is 0 Å². The van der Waals surface area contributed by atoms with E-state index in [1.165, 1.54) is 0 Å². The lowest BCUT2D eigenvalue weighted by molar-refractivity contribution is 1.24. The number of anilines is 2. The monoisotopic (exact) mass is 276 g/mol. The van der Waals surface area contributed by atoms with Crippen LogP contribution in [0.2, 0.25) is 0 Å². The van der Waals surface area contributed by atoms with Crippen molar-refractivity contribution in [3.8, 4) is 0 Å². The number of rotatable bonds is 3. The average Bonchev–Trinajstić information content (AvgIpc) is 2.53. The lowest BCUT2D eigenvalue weighted by Crippen LogP contribution is -1.90. The van der Waals surface area contributed by atoms with E-state index in [1.54, 1.807) is 0 Å². The molecule has 21 heavy (non-hydrogen) atoms. The second kappa shape index (κ2) is 5.63. The maximum atomic E-state index is 5.98. The zero-order valence-corrected chi connectivity index (χ0v) is 11.7. The summed E-state index contributed by atoms with van der Waals surface area (Å²) in [6.07, 6.45) is 0. The van der Waals surface area contributed by atoms with Crippen LogP contribution >= 0.6 is 0 Å². The molecule has 0 fully saturated rings. The summed E-state index contributed by atoms with van der Waals surface area (Å²) in [5.74, 6) is 0. The Hall–Kier alpha value is -2.88. The molecule has 0 saturated carbocycles. The van der Waals surface area contributed by atoms with Gasteiger partial charge in [0.15, 0.2) is 0 Å². The van der Waals surface area contributed by atoms with E-state index in [1.807, 2.05) is 55.6 Å². The minimum absolute atomic E-state index is 0.603. The fourth-order valence-corrected chi connectivity index (χ4v) is 2.20. The van der Waals surface area contributed by atoms with Crippen LogP contribution in [0.3, 0.4) is 0 Å². The second-order valence-corrected chi connectivity index (χ2v) is 4.72. The van der Waals surface area contributed by atoms with Crippen molar-refractivity contribution in [3.63, 3.8) is 0 Å². The molecule has 0 aromatic heterocycles. The van der Waals surface area contributed by atoms with Crippen LogP contribution in [0.25, 0.3) is 10.8 Å². The smallest absolute Gasteiger partial charge is 0.109 e. The lowest BCUT2D eigenvalue weighted by atomic mass is 10.1. The van der Waals surface area contributed by atoms with Gasteiger partial charge in [-0.3, -0.25) is 0 Å². The first-order valence-corrected chi connectivity index (χ1v) is 6.75. The van der Waals surface area contributed by atoms with Crippen molar-refractivity contribution >= 4 is 33.5 Å².